The normalized spacial score (nSPS) is 14.6. The second-order valence-electron chi connectivity index (χ2n) is 8.38. The molecule has 1 fully saturated rings. The molecule has 0 aliphatic carbocycles. The minimum absolute atomic E-state index is 0.136. The zero-order chi connectivity index (χ0) is 28.4. The van der Waals surface area contributed by atoms with Crippen LogP contribution >= 0.6 is 23.4 Å². The Balaban J connectivity index is 1.26. The van der Waals surface area contributed by atoms with E-state index in [0.717, 1.165) is 17.3 Å². The SMILES string of the molecule is Cc1cccc(Cl)c1N1C(=O)CS/C1=N\C(=O)Nc1ccc(-c2ncn(-c3ccc(OC(F)(F)F)cc3)n2)cc1. The molecule has 1 aliphatic rings. The Morgan fingerprint density at radius 2 is 1.82 bits per heavy atom. The zero-order valence-electron chi connectivity index (χ0n) is 20.5. The topological polar surface area (TPSA) is 102 Å². The van der Waals surface area contributed by atoms with Gasteiger partial charge in [-0.3, -0.25) is 9.69 Å². The van der Waals surface area contributed by atoms with Crippen molar-refractivity contribution in [1.29, 1.82) is 0 Å². The number of ether oxygens (including phenoxy) is 1. The number of aliphatic imine (C=N–C) groups is 1. The largest absolute Gasteiger partial charge is 0.573 e. The summed E-state index contributed by atoms with van der Waals surface area (Å²) in [5.41, 5.74) is 2.84. The number of benzene rings is 3. The summed E-state index contributed by atoms with van der Waals surface area (Å²) in [5, 5.41) is 7.63. The number of carbonyl (C=O) groups is 2. The summed E-state index contributed by atoms with van der Waals surface area (Å²) in [7, 11) is 0. The van der Waals surface area contributed by atoms with Gasteiger partial charge in [0.05, 0.1) is 22.2 Å². The number of amidine groups is 1. The molecule has 14 heteroatoms. The van der Waals surface area contributed by atoms with Crippen LogP contribution in [0.15, 0.2) is 78.0 Å². The number of amides is 3. The van der Waals surface area contributed by atoms with E-state index in [1.807, 2.05) is 13.0 Å². The second-order valence-corrected chi connectivity index (χ2v) is 9.73. The van der Waals surface area contributed by atoms with E-state index < -0.39 is 12.4 Å². The Morgan fingerprint density at radius 1 is 1.10 bits per heavy atom. The third-order valence-corrected chi connectivity index (χ3v) is 6.82. The molecule has 204 valence electrons. The van der Waals surface area contributed by atoms with Crippen LogP contribution in [0.3, 0.4) is 0 Å². The number of para-hydroxylation sites is 1. The first-order valence-electron chi connectivity index (χ1n) is 11.6. The maximum Gasteiger partial charge on any atom is 0.573 e. The van der Waals surface area contributed by atoms with Crippen molar-refractivity contribution in [3.63, 3.8) is 0 Å². The number of aryl methyl sites for hydroxylation is 1. The number of hydrogen-bond donors (Lipinski definition) is 1. The molecule has 0 saturated carbocycles. The molecule has 1 aliphatic heterocycles. The number of thioether (sulfide) groups is 1. The van der Waals surface area contributed by atoms with Gasteiger partial charge in [0, 0.05) is 11.3 Å². The highest BCUT2D eigenvalue weighted by molar-refractivity contribution is 8.15. The molecule has 2 heterocycles. The van der Waals surface area contributed by atoms with Gasteiger partial charge in [0.25, 0.3) is 0 Å². The zero-order valence-corrected chi connectivity index (χ0v) is 22.1. The standard InChI is InChI=1S/C26H18ClF3N6O3S/c1-15-3-2-4-20(27)22(15)36-21(37)13-40-25(36)33-24(38)32-17-7-5-16(6-8-17)23-31-14-35(34-23)18-9-11-19(12-10-18)39-26(28,29)30/h2-12,14H,13H2,1H3,(H,32,38)/b33-25-. The molecule has 0 bridgehead atoms. The summed E-state index contributed by atoms with van der Waals surface area (Å²) < 4.78 is 42.4. The van der Waals surface area contributed by atoms with Crippen molar-refractivity contribution in [3.8, 4) is 22.8 Å². The van der Waals surface area contributed by atoms with Gasteiger partial charge in [-0.15, -0.1) is 18.3 Å². The number of alkyl halides is 3. The molecule has 0 unspecified atom stereocenters. The third-order valence-electron chi connectivity index (χ3n) is 5.60. The molecule has 9 nitrogen and oxygen atoms in total. The second kappa shape index (κ2) is 11.0. The molecule has 40 heavy (non-hydrogen) atoms. The summed E-state index contributed by atoms with van der Waals surface area (Å²) in [6, 6.07) is 16.5. The van der Waals surface area contributed by atoms with Crippen LogP contribution in [0.5, 0.6) is 5.75 Å². The first-order valence-corrected chi connectivity index (χ1v) is 12.9. The van der Waals surface area contributed by atoms with Crippen molar-refractivity contribution in [3.05, 3.63) is 83.6 Å². The third kappa shape index (κ3) is 6.10. The molecule has 3 aromatic carbocycles. The average Bonchev–Trinajstić information content (AvgIpc) is 3.52. The van der Waals surface area contributed by atoms with Gasteiger partial charge in [-0.05, 0) is 67.1 Å². The number of nitrogens with one attached hydrogen (secondary N) is 1. The smallest absolute Gasteiger partial charge is 0.406 e. The van der Waals surface area contributed by atoms with Crippen LogP contribution in [0, 0.1) is 6.92 Å². The molecule has 3 amide bonds. The Labute approximate surface area is 234 Å². The first-order chi connectivity index (χ1) is 19.1. The van der Waals surface area contributed by atoms with Gasteiger partial charge in [-0.2, -0.15) is 4.99 Å². The number of hydrogen-bond acceptors (Lipinski definition) is 6. The van der Waals surface area contributed by atoms with Crippen LogP contribution < -0.4 is 15.0 Å². The van der Waals surface area contributed by atoms with Gasteiger partial charge in [0.2, 0.25) is 5.91 Å². The van der Waals surface area contributed by atoms with Crippen molar-refractivity contribution in [2.45, 2.75) is 13.3 Å². The highest BCUT2D eigenvalue weighted by atomic mass is 35.5. The molecule has 1 aromatic heterocycles. The van der Waals surface area contributed by atoms with E-state index in [2.05, 4.69) is 25.1 Å². The highest BCUT2D eigenvalue weighted by Crippen LogP contribution is 2.35. The highest BCUT2D eigenvalue weighted by Gasteiger charge is 2.33. The summed E-state index contributed by atoms with van der Waals surface area (Å²) in [6.07, 6.45) is -3.35. The lowest BCUT2D eigenvalue weighted by molar-refractivity contribution is -0.274. The Hall–Kier alpha value is -4.36. The fourth-order valence-corrected chi connectivity index (χ4v) is 4.99. The fraction of sp³-hybridized carbons (Fsp3) is 0.115. The number of urea groups is 1. The molecule has 0 spiro atoms. The van der Waals surface area contributed by atoms with Crippen LogP contribution in [0.2, 0.25) is 5.02 Å². The van der Waals surface area contributed by atoms with Gasteiger partial charge in [-0.25, -0.2) is 14.5 Å². The van der Waals surface area contributed by atoms with Crippen LogP contribution in [-0.2, 0) is 4.79 Å². The lowest BCUT2D eigenvalue weighted by Gasteiger charge is -2.19. The first kappa shape index (κ1) is 27.2. The van der Waals surface area contributed by atoms with Crippen LogP contribution in [0.1, 0.15) is 5.56 Å². The monoisotopic (exact) mass is 586 g/mol. The van der Waals surface area contributed by atoms with Crippen molar-refractivity contribution < 1.29 is 27.5 Å². The van der Waals surface area contributed by atoms with Gasteiger partial charge in [0.15, 0.2) is 11.0 Å². The number of anilines is 2. The van der Waals surface area contributed by atoms with Crippen molar-refractivity contribution in [2.24, 2.45) is 4.99 Å². The summed E-state index contributed by atoms with van der Waals surface area (Å²) in [6.45, 7) is 1.82. The number of nitrogens with zero attached hydrogens (tertiary/aromatic N) is 5. The Bertz CT molecular complexity index is 1590. The van der Waals surface area contributed by atoms with E-state index >= 15 is 0 Å². The van der Waals surface area contributed by atoms with Crippen molar-refractivity contribution in [2.75, 3.05) is 16.0 Å². The van der Waals surface area contributed by atoms with E-state index in [4.69, 9.17) is 11.6 Å². The van der Waals surface area contributed by atoms with Crippen molar-refractivity contribution in [1.82, 2.24) is 14.8 Å². The molecular formula is C26H18ClF3N6O3S. The Kier molecular flexibility index (Phi) is 7.50. The van der Waals surface area contributed by atoms with E-state index in [1.54, 1.807) is 36.4 Å². The van der Waals surface area contributed by atoms with E-state index in [9.17, 15) is 22.8 Å². The number of rotatable bonds is 5. The van der Waals surface area contributed by atoms with Gasteiger partial charge in [0.1, 0.15) is 12.1 Å². The lowest BCUT2D eigenvalue weighted by atomic mass is 10.2. The molecule has 1 N–H and O–H groups in total. The van der Waals surface area contributed by atoms with E-state index in [-0.39, 0.29) is 22.6 Å². The number of halogens is 4. The van der Waals surface area contributed by atoms with Crippen LogP contribution in [0.25, 0.3) is 17.1 Å². The lowest BCUT2D eigenvalue weighted by Crippen LogP contribution is -2.31. The van der Waals surface area contributed by atoms with Gasteiger partial charge in [-0.1, -0.05) is 35.5 Å². The minimum Gasteiger partial charge on any atom is -0.406 e. The average molecular weight is 587 g/mol. The minimum atomic E-state index is -4.77. The predicted molar refractivity (Wildman–Crippen MR) is 146 cm³/mol. The summed E-state index contributed by atoms with van der Waals surface area (Å²) >= 11 is 7.47. The van der Waals surface area contributed by atoms with Crippen LogP contribution in [-0.4, -0.2) is 44.0 Å². The predicted octanol–water partition coefficient (Wildman–Crippen LogP) is 6.46. The molecule has 0 atom stereocenters. The maximum atomic E-state index is 12.7. The summed E-state index contributed by atoms with van der Waals surface area (Å²) in [4.78, 5) is 34.9. The van der Waals surface area contributed by atoms with E-state index in [0.29, 0.717) is 33.5 Å². The molecular weight excluding hydrogens is 569 g/mol. The number of aromatic nitrogens is 3. The fourth-order valence-electron chi connectivity index (χ4n) is 3.83. The number of carbonyl (C=O) groups excluding carboxylic acids is 2. The quantitative estimate of drug-likeness (QED) is 0.288. The van der Waals surface area contributed by atoms with Crippen molar-refractivity contribution >= 4 is 51.8 Å². The molecule has 1 saturated heterocycles. The van der Waals surface area contributed by atoms with Crippen LogP contribution in [0.4, 0.5) is 29.3 Å². The van der Waals surface area contributed by atoms with Gasteiger partial charge >= 0.3 is 12.4 Å². The summed E-state index contributed by atoms with van der Waals surface area (Å²) in [5.74, 6) is -0.0736. The van der Waals surface area contributed by atoms with E-state index in [1.165, 1.54) is 40.2 Å². The molecule has 0 radical (unpaired) electrons. The molecule has 4 aromatic rings. The Morgan fingerprint density at radius 3 is 2.50 bits per heavy atom. The molecule has 5 rings (SSSR count). The van der Waals surface area contributed by atoms with Gasteiger partial charge < -0.3 is 10.1 Å². The maximum absolute atomic E-state index is 12.7.